The number of hydrogen-bond acceptors (Lipinski definition) is 3. The molecule has 6 nitrogen and oxygen atoms in total. The number of hydrogen-bond donors (Lipinski definition) is 0. The van der Waals surface area contributed by atoms with Crippen molar-refractivity contribution in [1.82, 2.24) is 13.8 Å². The van der Waals surface area contributed by atoms with E-state index in [0.29, 0.717) is 37.5 Å². The molecule has 1 aromatic heterocycles. The zero-order chi connectivity index (χ0) is 18.0. The Morgan fingerprint density at radius 1 is 1.08 bits per heavy atom. The van der Waals surface area contributed by atoms with Crippen LogP contribution in [0.15, 0.2) is 47.6 Å². The molecule has 0 saturated carbocycles. The minimum atomic E-state index is -3.51. The van der Waals surface area contributed by atoms with Crippen molar-refractivity contribution in [3.63, 3.8) is 0 Å². The number of rotatable bonds is 4. The van der Waals surface area contributed by atoms with Gasteiger partial charge in [0.1, 0.15) is 0 Å². The summed E-state index contributed by atoms with van der Waals surface area (Å²) in [6.07, 6.45) is 4.19. The lowest BCUT2D eigenvalue weighted by atomic mass is 10.2. The number of piperazine rings is 1. The number of aryl methyl sites for hydroxylation is 2. The Morgan fingerprint density at radius 3 is 2.36 bits per heavy atom. The van der Waals surface area contributed by atoms with E-state index in [1.807, 2.05) is 36.1 Å². The van der Waals surface area contributed by atoms with Gasteiger partial charge in [-0.15, -0.1) is 0 Å². The zero-order valence-corrected chi connectivity index (χ0v) is 15.4. The van der Waals surface area contributed by atoms with Crippen LogP contribution >= 0.6 is 0 Å². The summed E-state index contributed by atoms with van der Waals surface area (Å²) in [7, 11) is -1.59. The van der Waals surface area contributed by atoms with Crippen LogP contribution in [0.5, 0.6) is 0 Å². The fraction of sp³-hybridized carbons (Fsp3) is 0.389. The summed E-state index contributed by atoms with van der Waals surface area (Å²) < 4.78 is 29.0. The van der Waals surface area contributed by atoms with Gasteiger partial charge < -0.3 is 9.47 Å². The molecular formula is C18H23N3O3S. The van der Waals surface area contributed by atoms with E-state index in [4.69, 9.17) is 0 Å². The topological polar surface area (TPSA) is 62.6 Å². The first kappa shape index (κ1) is 17.7. The van der Waals surface area contributed by atoms with Gasteiger partial charge >= 0.3 is 0 Å². The maximum Gasteiger partial charge on any atom is 0.243 e. The first-order chi connectivity index (χ1) is 11.9. The lowest BCUT2D eigenvalue weighted by molar-refractivity contribution is -0.131. The molecule has 0 aliphatic carbocycles. The summed E-state index contributed by atoms with van der Waals surface area (Å²) in [5, 5.41) is 0. The van der Waals surface area contributed by atoms with E-state index >= 15 is 0 Å². The Labute approximate surface area is 148 Å². The SMILES string of the molecule is Cc1ccccc1S(=O)(=O)N1CCN(C(=O)Cc2ccn(C)c2)CC1. The van der Waals surface area contributed by atoms with E-state index in [2.05, 4.69) is 0 Å². The highest BCUT2D eigenvalue weighted by atomic mass is 32.2. The Morgan fingerprint density at radius 2 is 1.76 bits per heavy atom. The molecule has 0 atom stereocenters. The normalized spacial score (nSPS) is 16.2. The van der Waals surface area contributed by atoms with Crippen molar-refractivity contribution < 1.29 is 13.2 Å². The predicted molar refractivity (Wildman–Crippen MR) is 95.6 cm³/mol. The predicted octanol–water partition coefficient (Wildman–Crippen LogP) is 1.41. The van der Waals surface area contributed by atoms with Crippen molar-refractivity contribution in [2.45, 2.75) is 18.2 Å². The highest BCUT2D eigenvalue weighted by Gasteiger charge is 2.30. The van der Waals surface area contributed by atoms with Gasteiger partial charge in [-0.1, -0.05) is 18.2 Å². The van der Waals surface area contributed by atoms with Gasteiger partial charge in [0.15, 0.2) is 0 Å². The summed E-state index contributed by atoms with van der Waals surface area (Å²) in [6, 6.07) is 8.93. The van der Waals surface area contributed by atoms with Crippen LogP contribution in [0.1, 0.15) is 11.1 Å². The first-order valence-corrected chi connectivity index (χ1v) is 9.76. The molecular weight excluding hydrogens is 338 g/mol. The highest BCUT2D eigenvalue weighted by Crippen LogP contribution is 2.21. The van der Waals surface area contributed by atoms with Crippen LogP contribution in [0.4, 0.5) is 0 Å². The standard InChI is InChI=1S/C18H23N3O3S/c1-15-5-3-4-6-17(15)25(23,24)21-11-9-20(10-12-21)18(22)13-16-7-8-19(2)14-16/h3-8,14H,9-13H2,1-2H3. The maximum atomic E-state index is 12.8. The quantitative estimate of drug-likeness (QED) is 0.827. The molecule has 2 heterocycles. The smallest absolute Gasteiger partial charge is 0.243 e. The van der Waals surface area contributed by atoms with Gasteiger partial charge in [-0.05, 0) is 30.2 Å². The van der Waals surface area contributed by atoms with Crippen molar-refractivity contribution >= 4 is 15.9 Å². The number of benzene rings is 1. The molecule has 0 bridgehead atoms. The molecule has 0 unspecified atom stereocenters. The molecule has 1 aliphatic rings. The molecule has 7 heteroatoms. The maximum absolute atomic E-state index is 12.8. The van der Waals surface area contributed by atoms with Crippen molar-refractivity contribution in [2.24, 2.45) is 7.05 Å². The summed E-state index contributed by atoms with van der Waals surface area (Å²) in [5.74, 6) is 0.0409. The number of aromatic nitrogens is 1. The number of carbonyl (C=O) groups excluding carboxylic acids is 1. The van der Waals surface area contributed by atoms with Gasteiger partial charge in [0.05, 0.1) is 11.3 Å². The minimum Gasteiger partial charge on any atom is -0.357 e. The third kappa shape index (κ3) is 3.77. The van der Waals surface area contributed by atoms with Gasteiger partial charge in [-0.25, -0.2) is 8.42 Å². The average Bonchev–Trinajstić information content (AvgIpc) is 3.00. The average molecular weight is 361 g/mol. The Balaban J connectivity index is 1.63. The molecule has 25 heavy (non-hydrogen) atoms. The van der Waals surface area contributed by atoms with Crippen LogP contribution < -0.4 is 0 Å². The fourth-order valence-corrected chi connectivity index (χ4v) is 4.76. The number of nitrogens with zero attached hydrogens (tertiary/aromatic N) is 3. The second kappa shape index (κ2) is 7.01. The van der Waals surface area contributed by atoms with Crippen molar-refractivity contribution in [2.75, 3.05) is 26.2 Å². The number of amides is 1. The molecule has 1 amide bonds. The zero-order valence-electron chi connectivity index (χ0n) is 14.6. The van der Waals surface area contributed by atoms with Gasteiger partial charge in [-0.3, -0.25) is 4.79 Å². The molecule has 2 aromatic rings. The lowest BCUT2D eigenvalue weighted by Crippen LogP contribution is -2.50. The third-order valence-electron chi connectivity index (χ3n) is 4.55. The Bertz CT molecular complexity index is 865. The van der Waals surface area contributed by atoms with Gasteiger partial charge in [-0.2, -0.15) is 4.31 Å². The van der Waals surface area contributed by atoms with Crippen LogP contribution in [0, 0.1) is 6.92 Å². The molecule has 3 rings (SSSR count). The molecule has 0 spiro atoms. The summed E-state index contributed by atoms with van der Waals surface area (Å²) in [5.41, 5.74) is 1.72. The molecule has 1 aliphatic heterocycles. The van der Waals surface area contributed by atoms with E-state index < -0.39 is 10.0 Å². The molecule has 134 valence electrons. The van der Waals surface area contributed by atoms with Crippen LogP contribution in [0.2, 0.25) is 0 Å². The van der Waals surface area contributed by atoms with Crippen LogP contribution in [-0.2, 0) is 28.3 Å². The van der Waals surface area contributed by atoms with Crippen molar-refractivity contribution in [1.29, 1.82) is 0 Å². The largest absolute Gasteiger partial charge is 0.357 e. The van der Waals surface area contributed by atoms with Crippen LogP contribution in [0.25, 0.3) is 0 Å². The highest BCUT2D eigenvalue weighted by molar-refractivity contribution is 7.89. The molecule has 1 aromatic carbocycles. The van der Waals surface area contributed by atoms with E-state index in [-0.39, 0.29) is 5.91 Å². The summed E-state index contributed by atoms with van der Waals surface area (Å²) >= 11 is 0. The molecule has 0 N–H and O–H groups in total. The number of sulfonamides is 1. The van der Waals surface area contributed by atoms with E-state index in [1.165, 1.54) is 4.31 Å². The number of carbonyl (C=O) groups is 1. The van der Waals surface area contributed by atoms with Crippen LogP contribution in [-0.4, -0.2) is 54.3 Å². The monoisotopic (exact) mass is 361 g/mol. The second-order valence-electron chi connectivity index (χ2n) is 6.41. The molecule has 1 fully saturated rings. The van der Waals surface area contributed by atoms with Crippen molar-refractivity contribution in [3.05, 3.63) is 53.9 Å². The molecule has 0 radical (unpaired) electrons. The first-order valence-electron chi connectivity index (χ1n) is 8.32. The van der Waals surface area contributed by atoms with Gasteiger partial charge in [0.25, 0.3) is 0 Å². The lowest BCUT2D eigenvalue weighted by Gasteiger charge is -2.34. The van der Waals surface area contributed by atoms with Crippen molar-refractivity contribution in [3.8, 4) is 0 Å². The third-order valence-corrected chi connectivity index (χ3v) is 6.61. The van der Waals surface area contributed by atoms with Gasteiger partial charge in [0.2, 0.25) is 15.9 Å². The second-order valence-corrected chi connectivity index (χ2v) is 8.32. The Kier molecular flexibility index (Phi) is 4.96. The van der Waals surface area contributed by atoms with E-state index in [0.717, 1.165) is 11.1 Å². The van der Waals surface area contributed by atoms with E-state index in [1.54, 1.807) is 30.0 Å². The summed E-state index contributed by atoms with van der Waals surface area (Å²) in [4.78, 5) is 14.5. The fourth-order valence-electron chi connectivity index (χ4n) is 3.11. The summed E-state index contributed by atoms with van der Waals surface area (Å²) in [6.45, 7) is 3.31. The van der Waals surface area contributed by atoms with E-state index in [9.17, 15) is 13.2 Å². The van der Waals surface area contributed by atoms with Gasteiger partial charge in [0, 0.05) is 45.6 Å². The Hall–Kier alpha value is -2.12. The van der Waals surface area contributed by atoms with Crippen LogP contribution in [0.3, 0.4) is 0 Å². The minimum absolute atomic E-state index is 0.0409. The molecule has 1 saturated heterocycles.